The number of aliphatic hydroxyl groups excluding tert-OH is 1. The minimum atomic E-state index is -0.446. The molecule has 1 aliphatic heterocycles. The van der Waals surface area contributed by atoms with Crippen LogP contribution in [0.4, 0.5) is 5.82 Å². The molecule has 0 saturated carbocycles. The van der Waals surface area contributed by atoms with Crippen molar-refractivity contribution in [3.8, 4) is 0 Å². The van der Waals surface area contributed by atoms with E-state index < -0.39 is 6.10 Å². The van der Waals surface area contributed by atoms with Crippen LogP contribution >= 0.6 is 0 Å². The van der Waals surface area contributed by atoms with E-state index in [0.29, 0.717) is 19.8 Å². The van der Waals surface area contributed by atoms with Gasteiger partial charge in [0.1, 0.15) is 11.6 Å². The third kappa shape index (κ3) is 7.47. The molecule has 0 aliphatic carbocycles. The molecule has 7 heteroatoms. The summed E-state index contributed by atoms with van der Waals surface area (Å²) in [7, 11) is 1.72. The lowest BCUT2D eigenvalue weighted by atomic mass is 9.97. The summed E-state index contributed by atoms with van der Waals surface area (Å²) in [4.78, 5) is 14.3. The molecular formula is C27H42N4O3. The minimum absolute atomic E-state index is 0.408. The summed E-state index contributed by atoms with van der Waals surface area (Å²) in [5, 5.41) is 10.4. The summed E-state index contributed by atoms with van der Waals surface area (Å²) < 4.78 is 11.1. The van der Waals surface area contributed by atoms with Gasteiger partial charge in [-0.15, -0.1) is 0 Å². The van der Waals surface area contributed by atoms with E-state index in [2.05, 4.69) is 48.8 Å². The molecule has 1 aromatic carbocycles. The molecule has 7 nitrogen and oxygen atoms in total. The number of anilines is 1. The molecule has 1 N–H and O–H groups in total. The van der Waals surface area contributed by atoms with E-state index in [4.69, 9.17) is 19.4 Å². The average molecular weight is 471 g/mol. The normalized spacial score (nSPS) is 15.6. The minimum Gasteiger partial charge on any atom is -0.389 e. The van der Waals surface area contributed by atoms with Gasteiger partial charge in [-0.1, -0.05) is 37.1 Å². The van der Waals surface area contributed by atoms with Crippen LogP contribution in [0.1, 0.15) is 53.5 Å². The second kappa shape index (κ2) is 13.1. The molecule has 34 heavy (non-hydrogen) atoms. The summed E-state index contributed by atoms with van der Waals surface area (Å²) in [6.07, 6.45) is 2.49. The lowest BCUT2D eigenvalue weighted by Crippen LogP contribution is -2.49. The number of aliphatic hydroxyl groups is 1. The predicted octanol–water partition coefficient (Wildman–Crippen LogP) is 3.44. The summed E-state index contributed by atoms with van der Waals surface area (Å²) in [6.45, 7) is 14.2. The maximum absolute atomic E-state index is 10.4. The summed E-state index contributed by atoms with van der Waals surface area (Å²) >= 11 is 0. The van der Waals surface area contributed by atoms with Gasteiger partial charge in [-0.2, -0.15) is 0 Å². The number of rotatable bonds is 12. The van der Waals surface area contributed by atoms with E-state index in [9.17, 15) is 5.11 Å². The fourth-order valence-electron chi connectivity index (χ4n) is 4.48. The van der Waals surface area contributed by atoms with Crippen LogP contribution in [0.3, 0.4) is 0 Å². The Bertz CT molecular complexity index is 913. The molecule has 1 aliphatic rings. The van der Waals surface area contributed by atoms with Crippen LogP contribution < -0.4 is 4.90 Å². The Morgan fingerprint density at radius 2 is 1.85 bits per heavy atom. The first-order valence-corrected chi connectivity index (χ1v) is 12.6. The molecule has 0 spiro atoms. The standard InChI is InChI=1S/C27H42N4O3/c1-6-7-14-34-18-24(32)17-30-10-12-31(13-11-30)27-25(26(19-33-5)28-22(4)29-27)16-23-15-20(2)8-9-21(23)3/h8-9,15,24,32H,6-7,10-14,16-19H2,1-5H3. The maximum Gasteiger partial charge on any atom is 0.136 e. The predicted molar refractivity (Wildman–Crippen MR) is 137 cm³/mol. The van der Waals surface area contributed by atoms with Gasteiger partial charge in [0.25, 0.3) is 0 Å². The molecule has 3 rings (SSSR count). The Balaban J connectivity index is 1.72. The molecule has 1 atom stereocenters. The quantitative estimate of drug-likeness (QED) is 0.477. The van der Waals surface area contributed by atoms with E-state index in [1.807, 2.05) is 6.92 Å². The van der Waals surface area contributed by atoms with Gasteiger partial charge in [0.2, 0.25) is 0 Å². The number of β-amino-alcohol motifs (C(OH)–C–C–N with tert-alkyl or cyclic N) is 1. The van der Waals surface area contributed by atoms with Crippen molar-refractivity contribution in [2.75, 3.05) is 57.9 Å². The lowest BCUT2D eigenvalue weighted by Gasteiger charge is -2.37. The number of hydrogen-bond donors (Lipinski definition) is 1. The van der Waals surface area contributed by atoms with Crippen molar-refractivity contribution in [1.82, 2.24) is 14.9 Å². The van der Waals surface area contributed by atoms with E-state index >= 15 is 0 Å². The van der Waals surface area contributed by atoms with E-state index in [-0.39, 0.29) is 0 Å². The fourth-order valence-corrected chi connectivity index (χ4v) is 4.48. The van der Waals surface area contributed by atoms with Crippen molar-refractivity contribution in [2.24, 2.45) is 0 Å². The number of methoxy groups -OCH3 is 1. The molecule has 1 unspecified atom stereocenters. The Kier molecular flexibility index (Phi) is 10.3. The van der Waals surface area contributed by atoms with Crippen molar-refractivity contribution in [3.05, 3.63) is 52.0 Å². The van der Waals surface area contributed by atoms with Crippen molar-refractivity contribution >= 4 is 5.82 Å². The van der Waals surface area contributed by atoms with Crippen molar-refractivity contribution in [3.63, 3.8) is 0 Å². The van der Waals surface area contributed by atoms with Gasteiger partial charge in [0.05, 0.1) is 25.0 Å². The zero-order valence-corrected chi connectivity index (χ0v) is 21.6. The highest BCUT2D eigenvalue weighted by Crippen LogP contribution is 2.27. The summed E-state index contributed by atoms with van der Waals surface area (Å²) in [5.74, 6) is 1.79. The zero-order valence-electron chi connectivity index (χ0n) is 21.6. The Morgan fingerprint density at radius 1 is 1.09 bits per heavy atom. The first kappa shape index (κ1) is 26.5. The first-order valence-electron chi connectivity index (χ1n) is 12.6. The molecule has 2 heterocycles. The molecule has 188 valence electrons. The molecule has 1 saturated heterocycles. The maximum atomic E-state index is 10.4. The Morgan fingerprint density at radius 3 is 2.56 bits per heavy atom. The second-order valence-electron chi connectivity index (χ2n) is 9.43. The number of aromatic nitrogens is 2. The van der Waals surface area contributed by atoms with Gasteiger partial charge in [0.15, 0.2) is 0 Å². The molecular weight excluding hydrogens is 428 g/mol. The number of unbranched alkanes of at least 4 members (excludes halogenated alkanes) is 1. The summed E-state index contributed by atoms with van der Waals surface area (Å²) in [5.41, 5.74) is 5.96. The highest BCUT2D eigenvalue weighted by atomic mass is 16.5. The molecule has 1 aromatic heterocycles. The Hall–Kier alpha value is -2.06. The van der Waals surface area contributed by atoms with Gasteiger partial charge >= 0.3 is 0 Å². The fraction of sp³-hybridized carbons (Fsp3) is 0.630. The van der Waals surface area contributed by atoms with E-state index in [1.54, 1.807) is 7.11 Å². The molecule has 1 fully saturated rings. The van der Waals surface area contributed by atoms with Gasteiger partial charge in [-0.3, -0.25) is 4.90 Å². The monoisotopic (exact) mass is 470 g/mol. The van der Waals surface area contributed by atoms with Crippen LogP contribution in [-0.2, 0) is 22.5 Å². The zero-order chi connectivity index (χ0) is 24.5. The molecule has 0 bridgehead atoms. The Labute approximate surface area is 205 Å². The smallest absolute Gasteiger partial charge is 0.136 e. The van der Waals surface area contributed by atoms with Crippen molar-refractivity contribution in [2.45, 2.75) is 59.7 Å². The van der Waals surface area contributed by atoms with Gasteiger partial charge in [-0.25, -0.2) is 9.97 Å². The van der Waals surface area contributed by atoms with Crippen LogP contribution in [-0.4, -0.2) is 79.1 Å². The van der Waals surface area contributed by atoms with Gasteiger partial charge in [-0.05, 0) is 38.3 Å². The number of piperazine rings is 1. The molecule has 0 amide bonds. The summed E-state index contributed by atoms with van der Waals surface area (Å²) in [6, 6.07) is 6.60. The SMILES string of the molecule is CCCCOCC(O)CN1CCN(c2nc(C)nc(COC)c2Cc2cc(C)ccc2C)CC1. The van der Waals surface area contributed by atoms with E-state index in [0.717, 1.165) is 74.9 Å². The van der Waals surface area contributed by atoms with Crippen LogP contribution in [0.5, 0.6) is 0 Å². The van der Waals surface area contributed by atoms with Gasteiger partial charge < -0.3 is 19.5 Å². The van der Waals surface area contributed by atoms with Crippen LogP contribution in [0.25, 0.3) is 0 Å². The molecule has 0 radical (unpaired) electrons. The number of hydrogen-bond acceptors (Lipinski definition) is 7. The average Bonchev–Trinajstić information content (AvgIpc) is 2.81. The van der Waals surface area contributed by atoms with Crippen molar-refractivity contribution < 1.29 is 14.6 Å². The number of nitrogens with zero attached hydrogens (tertiary/aromatic N) is 4. The van der Waals surface area contributed by atoms with Crippen molar-refractivity contribution in [1.29, 1.82) is 0 Å². The molecule has 2 aromatic rings. The number of ether oxygens (including phenoxy) is 2. The second-order valence-corrected chi connectivity index (χ2v) is 9.43. The number of benzene rings is 1. The lowest BCUT2D eigenvalue weighted by molar-refractivity contribution is 0.0150. The number of aryl methyl sites for hydroxylation is 3. The first-order chi connectivity index (χ1) is 16.4. The van der Waals surface area contributed by atoms with Gasteiger partial charge in [0, 0.05) is 58.4 Å². The highest BCUT2D eigenvalue weighted by molar-refractivity contribution is 5.52. The van der Waals surface area contributed by atoms with Crippen LogP contribution in [0.15, 0.2) is 18.2 Å². The highest BCUT2D eigenvalue weighted by Gasteiger charge is 2.24. The van der Waals surface area contributed by atoms with E-state index in [1.165, 1.54) is 16.7 Å². The third-order valence-corrected chi connectivity index (χ3v) is 6.43. The van der Waals surface area contributed by atoms with Crippen LogP contribution in [0.2, 0.25) is 0 Å². The topological polar surface area (TPSA) is 71.0 Å². The largest absolute Gasteiger partial charge is 0.389 e. The third-order valence-electron chi connectivity index (χ3n) is 6.43. The van der Waals surface area contributed by atoms with Crippen LogP contribution in [0, 0.1) is 20.8 Å².